The molecule has 1 aromatic heterocycles. The van der Waals surface area contributed by atoms with Crippen molar-refractivity contribution in [3.05, 3.63) is 77.4 Å². The lowest BCUT2D eigenvalue weighted by Crippen LogP contribution is -2.31. The van der Waals surface area contributed by atoms with E-state index >= 15 is 0 Å². The summed E-state index contributed by atoms with van der Waals surface area (Å²) in [7, 11) is 3.06. The number of aryl methyl sites for hydroxylation is 1. The molecule has 5 rings (SSSR count). The number of ether oxygens (including phenoxy) is 3. The molecule has 2 aliphatic rings. The summed E-state index contributed by atoms with van der Waals surface area (Å²) in [6, 6.07) is 9.80. The van der Waals surface area contributed by atoms with E-state index in [1.807, 2.05) is 23.8 Å². The molecule has 2 atom stereocenters. The van der Waals surface area contributed by atoms with Crippen molar-refractivity contribution in [1.82, 2.24) is 14.5 Å². The number of ketones is 1. The number of amides is 1. The Kier molecular flexibility index (Phi) is 6.60. The first-order valence-corrected chi connectivity index (χ1v) is 12.2. The Labute approximate surface area is 214 Å². The third kappa shape index (κ3) is 4.52. The number of aromatic nitrogens is 2. The predicted molar refractivity (Wildman–Crippen MR) is 136 cm³/mol. The third-order valence-electron chi connectivity index (χ3n) is 6.81. The minimum Gasteiger partial charge on any atom is -0.507 e. The number of imidazole rings is 1. The highest BCUT2D eigenvalue weighted by Crippen LogP contribution is 2.42. The van der Waals surface area contributed by atoms with Gasteiger partial charge in [-0.3, -0.25) is 9.59 Å². The fourth-order valence-electron chi connectivity index (χ4n) is 5.05. The van der Waals surface area contributed by atoms with Crippen molar-refractivity contribution in [1.29, 1.82) is 0 Å². The molecule has 1 saturated heterocycles. The Morgan fingerprint density at radius 3 is 2.65 bits per heavy atom. The molecule has 0 radical (unpaired) electrons. The molecule has 0 aliphatic carbocycles. The van der Waals surface area contributed by atoms with Gasteiger partial charge in [0, 0.05) is 37.5 Å². The summed E-state index contributed by atoms with van der Waals surface area (Å²) in [5, 5.41) is 11.4. The lowest BCUT2D eigenvalue weighted by atomic mass is 9.94. The van der Waals surface area contributed by atoms with E-state index in [1.165, 1.54) is 19.1 Å². The lowest BCUT2D eigenvalue weighted by Gasteiger charge is -2.26. The number of aliphatic hydroxyl groups is 1. The summed E-state index contributed by atoms with van der Waals surface area (Å²) in [4.78, 5) is 32.2. The molecule has 0 bridgehead atoms. The van der Waals surface area contributed by atoms with E-state index in [1.54, 1.807) is 42.9 Å². The molecule has 9 nitrogen and oxygen atoms in total. The monoisotopic (exact) mass is 503 g/mol. The maximum absolute atomic E-state index is 13.4. The number of fused-ring (bicyclic) bond motifs is 1. The SMILES string of the molecule is COc1ccc([C@@H]2C(=C(O)c3ccc4c(c3)C[C@@H](C)O4)C(=O)C(=O)N2CCCn2ccnc2)cc1OC. The van der Waals surface area contributed by atoms with E-state index in [2.05, 4.69) is 4.98 Å². The zero-order valence-corrected chi connectivity index (χ0v) is 21.0. The number of benzene rings is 2. The molecule has 1 fully saturated rings. The second kappa shape index (κ2) is 10.0. The summed E-state index contributed by atoms with van der Waals surface area (Å²) in [5.74, 6) is 0.178. The molecule has 3 heterocycles. The van der Waals surface area contributed by atoms with Crippen molar-refractivity contribution in [2.45, 2.75) is 38.5 Å². The molecular formula is C28H29N3O6. The van der Waals surface area contributed by atoms with Crippen LogP contribution in [0.3, 0.4) is 0 Å². The largest absolute Gasteiger partial charge is 0.507 e. The number of hydrogen-bond donors (Lipinski definition) is 1. The Balaban J connectivity index is 1.56. The summed E-state index contributed by atoms with van der Waals surface area (Å²) in [6.45, 7) is 2.92. The van der Waals surface area contributed by atoms with Crippen LogP contribution in [0.15, 0.2) is 60.7 Å². The topological polar surface area (TPSA) is 103 Å². The van der Waals surface area contributed by atoms with Gasteiger partial charge in [-0.05, 0) is 54.8 Å². The number of nitrogens with zero attached hydrogens (tertiary/aromatic N) is 3. The second-order valence-corrected chi connectivity index (χ2v) is 9.22. The molecule has 0 spiro atoms. The van der Waals surface area contributed by atoms with E-state index < -0.39 is 17.7 Å². The molecule has 1 N–H and O–H groups in total. The summed E-state index contributed by atoms with van der Waals surface area (Å²) in [5.41, 5.74) is 2.11. The van der Waals surface area contributed by atoms with Gasteiger partial charge in [0.25, 0.3) is 11.7 Å². The molecule has 0 unspecified atom stereocenters. The van der Waals surface area contributed by atoms with Crippen molar-refractivity contribution in [3.63, 3.8) is 0 Å². The molecule has 37 heavy (non-hydrogen) atoms. The van der Waals surface area contributed by atoms with Crippen LogP contribution in [0.25, 0.3) is 5.76 Å². The number of aliphatic hydroxyl groups excluding tert-OH is 1. The van der Waals surface area contributed by atoms with E-state index in [-0.39, 0.29) is 17.4 Å². The fraction of sp³-hybridized carbons (Fsp3) is 0.321. The molecule has 1 amide bonds. The zero-order chi connectivity index (χ0) is 26.1. The van der Waals surface area contributed by atoms with Gasteiger partial charge < -0.3 is 28.8 Å². The van der Waals surface area contributed by atoms with Crippen molar-refractivity contribution < 1.29 is 28.9 Å². The normalized spacial score (nSPS) is 20.1. The maximum atomic E-state index is 13.4. The average Bonchev–Trinajstić information content (AvgIpc) is 3.61. The zero-order valence-electron chi connectivity index (χ0n) is 21.0. The summed E-state index contributed by atoms with van der Waals surface area (Å²) >= 11 is 0. The average molecular weight is 504 g/mol. The molecule has 192 valence electrons. The first-order chi connectivity index (χ1) is 17.9. The number of likely N-dealkylation sites (tertiary alicyclic amines) is 1. The Bertz CT molecular complexity index is 1360. The van der Waals surface area contributed by atoms with Crippen LogP contribution in [0.4, 0.5) is 0 Å². The first-order valence-electron chi connectivity index (χ1n) is 12.2. The van der Waals surface area contributed by atoms with Gasteiger partial charge in [0.2, 0.25) is 0 Å². The molecular weight excluding hydrogens is 474 g/mol. The predicted octanol–water partition coefficient (Wildman–Crippen LogP) is 3.74. The summed E-state index contributed by atoms with van der Waals surface area (Å²) in [6.07, 6.45) is 6.59. The van der Waals surface area contributed by atoms with Gasteiger partial charge in [0.15, 0.2) is 11.5 Å². The number of hydrogen-bond acceptors (Lipinski definition) is 7. The van der Waals surface area contributed by atoms with E-state index in [4.69, 9.17) is 14.2 Å². The summed E-state index contributed by atoms with van der Waals surface area (Å²) < 4.78 is 18.5. The minimum atomic E-state index is -0.786. The number of carbonyl (C=O) groups excluding carboxylic acids is 2. The quantitative estimate of drug-likeness (QED) is 0.284. The van der Waals surface area contributed by atoms with Gasteiger partial charge in [-0.1, -0.05) is 6.07 Å². The highest BCUT2D eigenvalue weighted by atomic mass is 16.5. The van der Waals surface area contributed by atoms with E-state index in [0.717, 1.165) is 11.3 Å². The van der Waals surface area contributed by atoms with Crippen LogP contribution in [0.2, 0.25) is 0 Å². The highest BCUT2D eigenvalue weighted by Gasteiger charge is 2.46. The highest BCUT2D eigenvalue weighted by molar-refractivity contribution is 6.46. The molecule has 0 saturated carbocycles. The first kappa shape index (κ1) is 24.4. The molecule has 3 aromatic rings. The van der Waals surface area contributed by atoms with Crippen LogP contribution in [0.5, 0.6) is 17.2 Å². The molecule has 2 aromatic carbocycles. The molecule has 9 heteroatoms. The third-order valence-corrected chi connectivity index (χ3v) is 6.81. The minimum absolute atomic E-state index is 0.0419. The Hall–Kier alpha value is -4.27. The van der Waals surface area contributed by atoms with Crippen LogP contribution in [-0.2, 0) is 22.6 Å². The van der Waals surface area contributed by atoms with Crippen LogP contribution >= 0.6 is 0 Å². The number of Topliss-reactive ketones (excluding diaryl/α,β-unsaturated/α-hetero) is 1. The van der Waals surface area contributed by atoms with Gasteiger partial charge in [0.05, 0.1) is 32.2 Å². The van der Waals surface area contributed by atoms with Crippen molar-refractivity contribution in [2.24, 2.45) is 0 Å². The lowest BCUT2D eigenvalue weighted by molar-refractivity contribution is -0.139. The number of carbonyl (C=O) groups is 2. The molecule has 2 aliphatic heterocycles. The van der Waals surface area contributed by atoms with Crippen LogP contribution < -0.4 is 14.2 Å². The van der Waals surface area contributed by atoms with Crippen molar-refractivity contribution >= 4 is 17.4 Å². The maximum Gasteiger partial charge on any atom is 0.295 e. The number of rotatable bonds is 8. The standard InChI is InChI=1S/C28H29N3O6/c1-17-13-20-14-19(6-7-21(20)37-17)26(32)24-25(18-5-8-22(35-2)23(15-18)36-3)31(28(34)27(24)33)11-4-10-30-12-9-29-16-30/h5-9,12,14-17,25,32H,4,10-11,13H2,1-3H3/t17-,25-/m1/s1. The van der Waals surface area contributed by atoms with Crippen LogP contribution in [-0.4, -0.2) is 58.1 Å². The Morgan fingerprint density at radius 2 is 1.92 bits per heavy atom. The van der Waals surface area contributed by atoms with Crippen molar-refractivity contribution in [3.8, 4) is 17.2 Å². The van der Waals surface area contributed by atoms with Gasteiger partial charge >= 0.3 is 0 Å². The second-order valence-electron chi connectivity index (χ2n) is 9.22. The van der Waals surface area contributed by atoms with Gasteiger partial charge in [-0.2, -0.15) is 0 Å². The van der Waals surface area contributed by atoms with Crippen molar-refractivity contribution in [2.75, 3.05) is 20.8 Å². The smallest absolute Gasteiger partial charge is 0.295 e. The van der Waals surface area contributed by atoms with Crippen LogP contribution in [0.1, 0.15) is 36.1 Å². The van der Waals surface area contributed by atoms with Gasteiger partial charge in [-0.15, -0.1) is 0 Å². The van der Waals surface area contributed by atoms with E-state index in [9.17, 15) is 14.7 Å². The number of methoxy groups -OCH3 is 2. The van der Waals surface area contributed by atoms with Crippen LogP contribution in [0, 0.1) is 0 Å². The fourth-order valence-corrected chi connectivity index (χ4v) is 5.05. The Morgan fingerprint density at radius 1 is 1.11 bits per heavy atom. The van der Waals surface area contributed by atoms with E-state index in [0.29, 0.717) is 48.6 Å². The van der Waals surface area contributed by atoms with Gasteiger partial charge in [0.1, 0.15) is 17.6 Å². The van der Waals surface area contributed by atoms with Gasteiger partial charge in [-0.25, -0.2) is 4.98 Å².